The Morgan fingerprint density at radius 3 is 2.83 bits per heavy atom. The molecule has 1 aliphatic rings. The lowest BCUT2D eigenvalue weighted by Gasteiger charge is -2.26. The van der Waals surface area contributed by atoms with Crippen LogP contribution in [0.4, 0.5) is 0 Å². The van der Waals surface area contributed by atoms with E-state index in [-0.39, 0.29) is 5.91 Å². The average molecular weight is 170 g/mol. The molecule has 1 heterocycles. The standard InChI is InChI=1S/C9H18N2O/c1-11(2)8-5-3-4-6-9(12)10-7-8/h8H,3-7H2,1-2H3,(H,10,12). The molecule has 1 atom stereocenters. The first-order valence-corrected chi connectivity index (χ1v) is 4.63. The minimum absolute atomic E-state index is 0.210. The second-order valence-corrected chi connectivity index (χ2v) is 3.67. The minimum Gasteiger partial charge on any atom is -0.355 e. The summed E-state index contributed by atoms with van der Waals surface area (Å²) in [5.41, 5.74) is 0. The van der Waals surface area contributed by atoms with E-state index in [1.165, 1.54) is 12.8 Å². The van der Waals surface area contributed by atoms with Crippen LogP contribution in [-0.2, 0) is 4.79 Å². The van der Waals surface area contributed by atoms with Crippen LogP contribution in [0.3, 0.4) is 0 Å². The van der Waals surface area contributed by atoms with Crippen LogP contribution >= 0.6 is 0 Å². The molecule has 1 N–H and O–H groups in total. The van der Waals surface area contributed by atoms with Crippen LogP contribution < -0.4 is 5.32 Å². The van der Waals surface area contributed by atoms with Gasteiger partial charge in [0, 0.05) is 19.0 Å². The van der Waals surface area contributed by atoms with E-state index in [1.54, 1.807) is 0 Å². The molecular weight excluding hydrogens is 152 g/mol. The lowest BCUT2D eigenvalue weighted by molar-refractivity contribution is -0.121. The summed E-state index contributed by atoms with van der Waals surface area (Å²) in [5.74, 6) is 0.210. The average Bonchev–Trinajstić information content (AvgIpc) is 1.97. The van der Waals surface area contributed by atoms with Crippen LogP contribution in [-0.4, -0.2) is 37.5 Å². The van der Waals surface area contributed by atoms with Crippen molar-refractivity contribution in [1.82, 2.24) is 10.2 Å². The summed E-state index contributed by atoms with van der Waals surface area (Å²) in [4.78, 5) is 13.3. The van der Waals surface area contributed by atoms with Crippen molar-refractivity contribution in [2.45, 2.75) is 31.7 Å². The number of nitrogens with one attached hydrogen (secondary N) is 1. The quantitative estimate of drug-likeness (QED) is 0.625. The van der Waals surface area contributed by atoms with Gasteiger partial charge in [0.15, 0.2) is 0 Å². The SMILES string of the molecule is CN(C)C1CCCCC(=O)NC1. The third-order valence-corrected chi connectivity index (χ3v) is 2.46. The summed E-state index contributed by atoms with van der Waals surface area (Å²) >= 11 is 0. The first-order chi connectivity index (χ1) is 5.70. The van der Waals surface area contributed by atoms with Crippen molar-refractivity contribution in [1.29, 1.82) is 0 Å². The molecule has 1 saturated heterocycles. The summed E-state index contributed by atoms with van der Waals surface area (Å²) in [6, 6.07) is 0.522. The van der Waals surface area contributed by atoms with E-state index in [0.29, 0.717) is 12.5 Å². The van der Waals surface area contributed by atoms with Crippen LogP contribution in [0.25, 0.3) is 0 Å². The van der Waals surface area contributed by atoms with Gasteiger partial charge in [-0.25, -0.2) is 0 Å². The van der Waals surface area contributed by atoms with Crippen LogP contribution in [0, 0.1) is 0 Å². The van der Waals surface area contributed by atoms with Crippen molar-refractivity contribution >= 4 is 5.91 Å². The highest BCUT2D eigenvalue weighted by Crippen LogP contribution is 2.09. The zero-order valence-corrected chi connectivity index (χ0v) is 7.97. The van der Waals surface area contributed by atoms with Gasteiger partial charge in [-0.1, -0.05) is 6.42 Å². The lowest BCUT2D eigenvalue weighted by Crippen LogP contribution is -2.41. The summed E-state index contributed by atoms with van der Waals surface area (Å²) in [6.07, 6.45) is 4.12. The van der Waals surface area contributed by atoms with Crippen molar-refractivity contribution < 1.29 is 4.79 Å². The molecule has 0 bridgehead atoms. The van der Waals surface area contributed by atoms with Crippen LogP contribution in [0.5, 0.6) is 0 Å². The molecular formula is C9H18N2O. The highest BCUT2D eigenvalue weighted by Gasteiger charge is 2.15. The van der Waals surface area contributed by atoms with Crippen LogP contribution in [0.15, 0.2) is 0 Å². The molecule has 12 heavy (non-hydrogen) atoms. The Balaban J connectivity index is 2.39. The monoisotopic (exact) mass is 170 g/mol. The highest BCUT2D eigenvalue weighted by atomic mass is 16.1. The fourth-order valence-electron chi connectivity index (χ4n) is 1.53. The van der Waals surface area contributed by atoms with Gasteiger partial charge in [0.1, 0.15) is 0 Å². The fourth-order valence-corrected chi connectivity index (χ4v) is 1.53. The molecule has 1 amide bonds. The minimum atomic E-state index is 0.210. The molecule has 1 rings (SSSR count). The molecule has 1 aliphatic heterocycles. The van der Waals surface area contributed by atoms with E-state index >= 15 is 0 Å². The molecule has 70 valence electrons. The molecule has 0 aromatic rings. The third-order valence-electron chi connectivity index (χ3n) is 2.46. The molecule has 0 aromatic heterocycles. The van der Waals surface area contributed by atoms with Crippen LogP contribution in [0.2, 0.25) is 0 Å². The van der Waals surface area contributed by atoms with Gasteiger partial charge in [-0.3, -0.25) is 4.79 Å². The molecule has 3 heteroatoms. The normalized spacial score (nSPS) is 26.2. The summed E-state index contributed by atoms with van der Waals surface area (Å²) in [6.45, 7) is 0.811. The second kappa shape index (κ2) is 4.45. The number of carbonyl (C=O) groups excluding carboxylic acids is 1. The fraction of sp³-hybridized carbons (Fsp3) is 0.889. The zero-order valence-electron chi connectivity index (χ0n) is 7.97. The lowest BCUT2D eigenvalue weighted by atomic mass is 10.0. The molecule has 0 aliphatic carbocycles. The topological polar surface area (TPSA) is 32.3 Å². The maximum Gasteiger partial charge on any atom is 0.220 e. The van der Waals surface area contributed by atoms with E-state index in [0.717, 1.165) is 13.0 Å². The second-order valence-electron chi connectivity index (χ2n) is 3.67. The van der Waals surface area contributed by atoms with Gasteiger partial charge in [0.2, 0.25) is 5.91 Å². The van der Waals surface area contributed by atoms with Gasteiger partial charge in [-0.2, -0.15) is 0 Å². The van der Waals surface area contributed by atoms with E-state index in [1.807, 2.05) is 0 Å². The number of hydrogen-bond acceptors (Lipinski definition) is 2. The maximum absolute atomic E-state index is 11.1. The summed E-state index contributed by atoms with van der Waals surface area (Å²) in [7, 11) is 4.14. The summed E-state index contributed by atoms with van der Waals surface area (Å²) < 4.78 is 0. The number of hydrogen-bond donors (Lipinski definition) is 1. The first kappa shape index (κ1) is 9.52. The van der Waals surface area contributed by atoms with Gasteiger partial charge in [-0.15, -0.1) is 0 Å². The Bertz CT molecular complexity index is 157. The molecule has 1 fully saturated rings. The van der Waals surface area contributed by atoms with Gasteiger partial charge >= 0.3 is 0 Å². The van der Waals surface area contributed by atoms with Crippen molar-refractivity contribution in [2.75, 3.05) is 20.6 Å². The van der Waals surface area contributed by atoms with E-state index < -0.39 is 0 Å². The molecule has 0 spiro atoms. The Labute approximate surface area is 74.1 Å². The van der Waals surface area contributed by atoms with E-state index in [2.05, 4.69) is 24.3 Å². The van der Waals surface area contributed by atoms with Gasteiger partial charge in [0.25, 0.3) is 0 Å². The van der Waals surface area contributed by atoms with Gasteiger partial charge in [-0.05, 0) is 26.9 Å². The summed E-state index contributed by atoms with van der Waals surface area (Å²) in [5, 5.41) is 2.94. The van der Waals surface area contributed by atoms with Crippen molar-refractivity contribution in [3.63, 3.8) is 0 Å². The largest absolute Gasteiger partial charge is 0.355 e. The van der Waals surface area contributed by atoms with Crippen molar-refractivity contribution in [3.05, 3.63) is 0 Å². The predicted octanol–water partition coefficient (Wildman–Crippen LogP) is 0.607. The maximum atomic E-state index is 11.1. The molecule has 0 saturated carbocycles. The predicted molar refractivity (Wildman–Crippen MR) is 49.0 cm³/mol. The highest BCUT2D eigenvalue weighted by molar-refractivity contribution is 5.75. The number of likely N-dealkylation sites (N-methyl/N-ethyl adjacent to an activating group) is 1. The molecule has 0 aromatic carbocycles. The van der Waals surface area contributed by atoms with Gasteiger partial charge in [0.05, 0.1) is 0 Å². The van der Waals surface area contributed by atoms with Gasteiger partial charge < -0.3 is 10.2 Å². The Morgan fingerprint density at radius 2 is 2.17 bits per heavy atom. The number of nitrogens with zero attached hydrogens (tertiary/aromatic N) is 1. The zero-order chi connectivity index (χ0) is 8.97. The number of rotatable bonds is 1. The Kier molecular flexibility index (Phi) is 3.53. The molecule has 1 unspecified atom stereocenters. The molecule has 3 nitrogen and oxygen atoms in total. The molecule has 0 radical (unpaired) electrons. The number of amides is 1. The Morgan fingerprint density at radius 1 is 1.42 bits per heavy atom. The van der Waals surface area contributed by atoms with Crippen molar-refractivity contribution in [3.8, 4) is 0 Å². The van der Waals surface area contributed by atoms with E-state index in [9.17, 15) is 4.79 Å². The van der Waals surface area contributed by atoms with E-state index in [4.69, 9.17) is 0 Å². The van der Waals surface area contributed by atoms with Crippen molar-refractivity contribution in [2.24, 2.45) is 0 Å². The third kappa shape index (κ3) is 2.81. The first-order valence-electron chi connectivity index (χ1n) is 4.63. The Hall–Kier alpha value is -0.570. The number of carbonyl (C=O) groups is 1. The smallest absolute Gasteiger partial charge is 0.220 e. The van der Waals surface area contributed by atoms with Crippen LogP contribution in [0.1, 0.15) is 25.7 Å².